The molecule has 0 spiro atoms. The van der Waals surface area contributed by atoms with E-state index in [1.54, 1.807) is 12.1 Å². The third-order valence-corrected chi connectivity index (χ3v) is 9.59. The summed E-state index contributed by atoms with van der Waals surface area (Å²) in [5.74, 6) is -0.368. The van der Waals surface area contributed by atoms with E-state index in [0.29, 0.717) is 22.7 Å². The quantitative estimate of drug-likeness (QED) is 0.245. The van der Waals surface area contributed by atoms with E-state index in [1.165, 1.54) is 12.1 Å². The zero-order valence-corrected chi connectivity index (χ0v) is 25.4. The number of nitrogen functional groups attached to an aromatic ring is 2. The number of nitrogens with zero attached hydrogens (tertiary/aromatic N) is 3. The molecule has 0 radical (unpaired) electrons. The topological polar surface area (TPSA) is 120 Å². The lowest BCUT2D eigenvalue weighted by Crippen LogP contribution is -2.38. The van der Waals surface area contributed by atoms with Crippen molar-refractivity contribution in [2.75, 3.05) is 40.1 Å². The number of carbonyl (C=O) groups excluding carboxylic acids is 2. The van der Waals surface area contributed by atoms with E-state index in [9.17, 15) is 14.0 Å². The summed E-state index contributed by atoms with van der Waals surface area (Å²) < 4.78 is 14.0. The molecule has 3 aliphatic heterocycles. The molecule has 4 unspecified atom stereocenters. The Morgan fingerprint density at radius 1 is 0.705 bits per heavy atom. The van der Waals surface area contributed by atoms with E-state index in [-0.39, 0.29) is 41.8 Å². The number of anilines is 5. The van der Waals surface area contributed by atoms with Crippen LogP contribution in [0, 0.1) is 5.82 Å². The normalized spacial score (nSPS) is 24.1. The summed E-state index contributed by atoms with van der Waals surface area (Å²) in [6, 6.07) is 17.9. The van der Waals surface area contributed by atoms with E-state index in [4.69, 9.17) is 11.5 Å². The second-order valence-electron chi connectivity index (χ2n) is 12.4. The summed E-state index contributed by atoms with van der Waals surface area (Å²) in [6.45, 7) is 1.82. The molecular formula is C32H40B2FN7O2. The van der Waals surface area contributed by atoms with Crippen LogP contribution in [-0.2, 0) is 9.59 Å². The highest BCUT2D eigenvalue weighted by atomic mass is 19.1. The van der Waals surface area contributed by atoms with Crippen molar-refractivity contribution in [3.63, 3.8) is 0 Å². The molecule has 0 aromatic heterocycles. The largest absolute Gasteiger partial charge is 0.397 e. The predicted molar refractivity (Wildman–Crippen MR) is 179 cm³/mol. The van der Waals surface area contributed by atoms with Crippen molar-refractivity contribution in [2.24, 2.45) is 0 Å². The fourth-order valence-corrected chi connectivity index (χ4v) is 7.16. The maximum Gasteiger partial charge on any atom is 0.240 e. The fourth-order valence-electron chi connectivity index (χ4n) is 7.16. The lowest BCUT2D eigenvalue weighted by Gasteiger charge is -2.34. The van der Waals surface area contributed by atoms with Crippen LogP contribution in [0.2, 0.25) is 0 Å². The lowest BCUT2D eigenvalue weighted by atomic mass is 10.0. The number of rotatable bonds is 7. The fraction of sp³-hybridized carbons (Fsp3) is 0.375. The summed E-state index contributed by atoms with van der Waals surface area (Å²) in [7, 11) is 3.94. The highest BCUT2D eigenvalue weighted by Crippen LogP contribution is 2.48. The molecule has 9 nitrogen and oxygen atoms in total. The van der Waals surface area contributed by atoms with Crippen LogP contribution in [0.5, 0.6) is 0 Å². The number of carbonyl (C=O) groups is 2. The Kier molecular flexibility index (Phi) is 8.55. The first-order valence-electron chi connectivity index (χ1n) is 15.5. The number of amides is 2. The summed E-state index contributed by atoms with van der Waals surface area (Å²) in [4.78, 5) is 32.2. The molecule has 0 bridgehead atoms. The molecule has 4 atom stereocenters. The Hall–Kier alpha value is -4.02. The molecule has 3 heterocycles. The maximum absolute atomic E-state index is 14.0. The van der Waals surface area contributed by atoms with Gasteiger partial charge in [-0.05, 0) is 111 Å². The van der Waals surface area contributed by atoms with Gasteiger partial charge in [0.15, 0.2) is 16.0 Å². The summed E-state index contributed by atoms with van der Waals surface area (Å²) in [5, 5.41) is 6.04. The Morgan fingerprint density at radius 3 is 1.55 bits per heavy atom. The van der Waals surface area contributed by atoms with Crippen molar-refractivity contribution >= 4 is 56.2 Å². The first kappa shape index (κ1) is 30.0. The molecule has 3 aliphatic rings. The van der Waals surface area contributed by atoms with E-state index in [1.807, 2.05) is 52.4 Å². The van der Waals surface area contributed by atoms with E-state index in [0.717, 1.165) is 68.4 Å². The van der Waals surface area contributed by atoms with Gasteiger partial charge in [0.05, 0.1) is 46.9 Å². The number of hydrogen-bond donors (Lipinski definition) is 4. The Bertz CT molecular complexity index is 1450. The van der Waals surface area contributed by atoms with Crippen LogP contribution in [0.4, 0.5) is 32.8 Å². The van der Waals surface area contributed by atoms with Crippen LogP contribution < -0.4 is 27.0 Å². The summed E-state index contributed by atoms with van der Waals surface area (Å²) in [6.07, 6.45) is 5.37. The second-order valence-corrected chi connectivity index (χ2v) is 12.4. The zero-order valence-electron chi connectivity index (χ0n) is 25.4. The van der Waals surface area contributed by atoms with Crippen LogP contribution >= 0.6 is 0 Å². The number of halogens is 1. The predicted octanol–water partition coefficient (Wildman–Crippen LogP) is 2.97. The van der Waals surface area contributed by atoms with E-state index in [2.05, 4.69) is 25.2 Å². The number of nitrogens with two attached hydrogens (primary N) is 2. The van der Waals surface area contributed by atoms with Crippen LogP contribution in [0.25, 0.3) is 0 Å². The number of nitrogens with one attached hydrogen (secondary N) is 2. The molecule has 3 aromatic carbocycles. The van der Waals surface area contributed by atoms with E-state index >= 15 is 0 Å². The van der Waals surface area contributed by atoms with Gasteiger partial charge in [-0.25, -0.2) is 4.39 Å². The molecule has 228 valence electrons. The molecular weight excluding hydrogens is 555 g/mol. The van der Waals surface area contributed by atoms with Crippen LogP contribution in [0.15, 0.2) is 60.7 Å². The first-order chi connectivity index (χ1) is 21.2. The minimum absolute atomic E-state index is 0.0306. The van der Waals surface area contributed by atoms with Gasteiger partial charge in [-0.2, -0.15) is 0 Å². The van der Waals surface area contributed by atoms with Crippen LogP contribution in [-0.4, -0.2) is 62.6 Å². The first-order valence-corrected chi connectivity index (χ1v) is 15.5. The van der Waals surface area contributed by atoms with Gasteiger partial charge in [-0.1, -0.05) is 12.1 Å². The molecule has 12 heteroatoms. The molecule has 6 N–H and O–H groups in total. The van der Waals surface area contributed by atoms with Crippen LogP contribution in [0.1, 0.15) is 61.7 Å². The van der Waals surface area contributed by atoms with Crippen molar-refractivity contribution in [1.29, 1.82) is 0 Å². The lowest BCUT2D eigenvalue weighted by molar-refractivity contribution is -0.119. The average molecular weight is 595 g/mol. The van der Waals surface area contributed by atoms with Gasteiger partial charge >= 0.3 is 0 Å². The molecule has 3 saturated heterocycles. The van der Waals surface area contributed by atoms with Gasteiger partial charge in [-0.15, -0.1) is 0 Å². The molecule has 3 fully saturated rings. The van der Waals surface area contributed by atoms with Gasteiger partial charge in [0.2, 0.25) is 11.8 Å². The molecule has 2 amide bonds. The minimum Gasteiger partial charge on any atom is -0.397 e. The highest BCUT2D eigenvalue weighted by molar-refractivity contribution is 6.09. The Labute approximate surface area is 260 Å². The molecule has 6 rings (SSSR count). The van der Waals surface area contributed by atoms with Crippen molar-refractivity contribution < 1.29 is 14.0 Å². The number of benzene rings is 3. The Balaban J connectivity index is 1.24. The standard InChI is InChI=1S/C32H40B2FN7O2/c33-40-15-1-3-29(40)31(43)38-25-11-5-19(17-23(25)36)27-13-14-28(42(27)22-9-7-21(35)8-10-22)20-6-12-26(24(37)18-20)39-32(44)30-4-2-16-41(30)34/h5-12,17-18,27-30H,1-4,13-16,33-34,36-37H2,(H,38,43)(H,39,44). The molecule has 0 aliphatic carbocycles. The van der Waals surface area contributed by atoms with Gasteiger partial charge in [0.25, 0.3) is 0 Å². The minimum atomic E-state index is -0.296. The molecule has 44 heavy (non-hydrogen) atoms. The Morgan fingerprint density at radius 2 is 1.16 bits per heavy atom. The van der Waals surface area contributed by atoms with Gasteiger partial charge in [0.1, 0.15) is 5.82 Å². The highest BCUT2D eigenvalue weighted by Gasteiger charge is 2.36. The van der Waals surface area contributed by atoms with Crippen molar-refractivity contribution in [2.45, 2.75) is 62.7 Å². The average Bonchev–Trinajstić information content (AvgIpc) is 3.75. The smallest absolute Gasteiger partial charge is 0.240 e. The molecule has 0 saturated carbocycles. The van der Waals surface area contributed by atoms with E-state index < -0.39 is 0 Å². The van der Waals surface area contributed by atoms with Crippen LogP contribution in [0.3, 0.4) is 0 Å². The van der Waals surface area contributed by atoms with Crippen molar-refractivity contribution in [3.8, 4) is 0 Å². The third-order valence-electron chi connectivity index (χ3n) is 9.59. The molecule has 3 aromatic rings. The van der Waals surface area contributed by atoms with Gasteiger partial charge in [-0.3, -0.25) is 9.59 Å². The van der Waals surface area contributed by atoms with Crippen molar-refractivity contribution in [3.05, 3.63) is 77.6 Å². The SMILES string of the molecule is BN1CCCC1C(=O)Nc1ccc(C2CCC(c3ccc(NC(=O)C4CCCN4B)c(N)c3)N2c2ccc(F)cc2)cc1N. The number of hydrogen-bond acceptors (Lipinski definition) is 7. The van der Waals surface area contributed by atoms with Gasteiger partial charge < -0.3 is 36.6 Å². The monoisotopic (exact) mass is 595 g/mol. The third kappa shape index (κ3) is 6.01. The second kappa shape index (κ2) is 12.5. The summed E-state index contributed by atoms with van der Waals surface area (Å²) >= 11 is 0. The maximum atomic E-state index is 14.0. The van der Waals surface area contributed by atoms with Gasteiger partial charge in [0, 0.05) is 5.69 Å². The van der Waals surface area contributed by atoms with Crippen molar-refractivity contribution in [1.82, 2.24) is 9.62 Å². The zero-order chi connectivity index (χ0) is 31.0. The summed E-state index contributed by atoms with van der Waals surface area (Å²) in [5.41, 5.74) is 18.2.